The number of amides is 3. The Bertz CT molecular complexity index is 734. The minimum atomic E-state index is -0.244. The molecule has 1 aromatic heterocycles. The first kappa shape index (κ1) is 15.2. The third kappa shape index (κ3) is 3.01. The maximum Gasteiger partial charge on any atom is 0.320 e. The van der Waals surface area contributed by atoms with E-state index in [1.807, 2.05) is 34.5 Å². The molecule has 6 heteroatoms. The smallest absolute Gasteiger partial charge is 0.320 e. The number of hydrogen-bond acceptors (Lipinski definition) is 3. The predicted octanol–water partition coefficient (Wildman–Crippen LogP) is 2.64. The number of benzene rings is 1. The quantitative estimate of drug-likeness (QED) is 0.901. The van der Waals surface area contributed by atoms with Crippen LogP contribution in [0.2, 0.25) is 0 Å². The average molecular weight is 341 g/mol. The molecule has 0 radical (unpaired) electrons. The molecule has 2 heterocycles. The molecule has 0 bridgehead atoms. The van der Waals surface area contributed by atoms with Gasteiger partial charge < -0.3 is 10.2 Å². The van der Waals surface area contributed by atoms with E-state index < -0.39 is 0 Å². The van der Waals surface area contributed by atoms with Crippen LogP contribution in [0.4, 0.5) is 9.80 Å². The van der Waals surface area contributed by atoms with Gasteiger partial charge in [-0.25, -0.2) is 4.79 Å². The summed E-state index contributed by atoms with van der Waals surface area (Å²) in [5, 5.41) is 8.43. The lowest BCUT2D eigenvalue weighted by Crippen LogP contribution is -2.42. The number of anilines is 1. The number of fused-ring (bicyclic) bond motifs is 1. The highest BCUT2D eigenvalue weighted by Crippen LogP contribution is 2.28. The van der Waals surface area contributed by atoms with Gasteiger partial charge in [0.2, 0.25) is 5.91 Å². The molecule has 0 saturated carbocycles. The van der Waals surface area contributed by atoms with Crippen molar-refractivity contribution in [3.05, 3.63) is 52.9 Å². The van der Waals surface area contributed by atoms with Crippen molar-refractivity contribution in [3.63, 3.8) is 0 Å². The van der Waals surface area contributed by atoms with Gasteiger partial charge in [-0.1, -0.05) is 24.3 Å². The molecular weight excluding hydrogens is 322 g/mol. The fourth-order valence-corrected chi connectivity index (χ4v) is 4.23. The SMILES string of the molecule is O=C(Nc1cccs1)N[C@H]1CC(=O)N(C2Cc3ccccc3C2)C1. The second kappa shape index (κ2) is 6.28. The van der Waals surface area contributed by atoms with E-state index in [1.54, 1.807) is 0 Å². The molecule has 3 amide bonds. The molecule has 1 aromatic carbocycles. The second-order valence-electron chi connectivity index (χ2n) is 6.35. The van der Waals surface area contributed by atoms with Gasteiger partial charge in [-0.2, -0.15) is 0 Å². The first-order valence-electron chi connectivity index (χ1n) is 8.16. The van der Waals surface area contributed by atoms with Crippen LogP contribution >= 0.6 is 11.3 Å². The zero-order valence-electron chi connectivity index (χ0n) is 13.2. The molecule has 5 nitrogen and oxygen atoms in total. The minimum absolute atomic E-state index is 0.124. The monoisotopic (exact) mass is 341 g/mol. The molecule has 2 aromatic rings. The number of nitrogens with one attached hydrogen (secondary N) is 2. The van der Waals surface area contributed by atoms with E-state index in [2.05, 4.69) is 22.8 Å². The maximum atomic E-state index is 12.4. The van der Waals surface area contributed by atoms with Crippen molar-refractivity contribution in [2.75, 3.05) is 11.9 Å². The Labute approximate surface area is 144 Å². The van der Waals surface area contributed by atoms with Crippen molar-refractivity contribution in [2.45, 2.75) is 31.3 Å². The van der Waals surface area contributed by atoms with Crippen molar-refractivity contribution in [2.24, 2.45) is 0 Å². The molecular formula is C18H19N3O2S. The van der Waals surface area contributed by atoms with Gasteiger partial charge in [-0.05, 0) is 41.5 Å². The number of carbonyl (C=O) groups excluding carboxylic acids is 2. The van der Waals surface area contributed by atoms with E-state index in [0.29, 0.717) is 13.0 Å². The average Bonchev–Trinajstić information content (AvgIpc) is 3.26. The van der Waals surface area contributed by atoms with Crippen molar-refractivity contribution in [1.29, 1.82) is 0 Å². The van der Waals surface area contributed by atoms with Crippen LogP contribution in [0.25, 0.3) is 0 Å². The van der Waals surface area contributed by atoms with Gasteiger partial charge in [0.1, 0.15) is 0 Å². The number of nitrogens with zero attached hydrogens (tertiary/aromatic N) is 1. The Kier molecular flexibility index (Phi) is 3.98. The van der Waals surface area contributed by atoms with Crippen LogP contribution in [0.15, 0.2) is 41.8 Å². The summed E-state index contributed by atoms with van der Waals surface area (Å²) in [6.45, 7) is 0.593. The topological polar surface area (TPSA) is 61.4 Å². The number of urea groups is 1. The number of likely N-dealkylation sites (tertiary alicyclic amines) is 1. The molecule has 1 atom stereocenters. The number of rotatable bonds is 3. The summed E-state index contributed by atoms with van der Waals surface area (Å²) in [5.41, 5.74) is 2.67. The summed E-state index contributed by atoms with van der Waals surface area (Å²) < 4.78 is 0. The van der Waals surface area contributed by atoms with Crippen molar-refractivity contribution < 1.29 is 9.59 Å². The summed E-state index contributed by atoms with van der Waals surface area (Å²) >= 11 is 1.47. The van der Waals surface area contributed by atoms with Crippen LogP contribution in [0.5, 0.6) is 0 Å². The van der Waals surface area contributed by atoms with Crippen LogP contribution in [-0.2, 0) is 17.6 Å². The normalized spacial score (nSPS) is 20.2. The Balaban J connectivity index is 1.35. The van der Waals surface area contributed by atoms with Crippen LogP contribution in [0.3, 0.4) is 0 Å². The lowest BCUT2D eigenvalue weighted by Gasteiger charge is -2.24. The molecule has 4 rings (SSSR count). The van der Waals surface area contributed by atoms with Crippen LogP contribution < -0.4 is 10.6 Å². The molecule has 24 heavy (non-hydrogen) atoms. The highest BCUT2D eigenvalue weighted by atomic mass is 32.1. The van der Waals surface area contributed by atoms with E-state index in [1.165, 1.54) is 22.5 Å². The van der Waals surface area contributed by atoms with Gasteiger partial charge in [0, 0.05) is 19.0 Å². The third-order valence-electron chi connectivity index (χ3n) is 4.72. The van der Waals surface area contributed by atoms with Gasteiger partial charge in [0.25, 0.3) is 0 Å². The lowest BCUT2D eigenvalue weighted by atomic mass is 10.1. The number of thiophene rings is 1. The molecule has 2 N–H and O–H groups in total. The fraction of sp³-hybridized carbons (Fsp3) is 0.333. The van der Waals surface area contributed by atoms with Gasteiger partial charge in [0.15, 0.2) is 0 Å². The standard InChI is InChI=1S/C18H19N3O2S/c22-17-10-14(19-18(23)20-16-6-3-7-24-16)11-21(17)15-8-12-4-1-2-5-13(12)9-15/h1-7,14-15H,8-11H2,(H2,19,20,23)/t14-/m0/s1. The van der Waals surface area contributed by atoms with Gasteiger partial charge in [-0.3, -0.25) is 10.1 Å². The first-order valence-corrected chi connectivity index (χ1v) is 9.04. The Hall–Kier alpha value is -2.34. The molecule has 1 aliphatic carbocycles. The molecule has 0 spiro atoms. The summed E-state index contributed by atoms with van der Waals surface area (Å²) in [6.07, 6.45) is 2.21. The van der Waals surface area contributed by atoms with E-state index in [0.717, 1.165) is 17.8 Å². The predicted molar refractivity (Wildman–Crippen MR) is 94.2 cm³/mol. The largest absolute Gasteiger partial charge is 0.337 e. The van der Waals surface area contributed by atoms with E-state index >= 15 is 0 Å². The maximum absolute atomic E-state index is 12.4. The van der Waals surface area contributed by atoms with Gasteiger partial charge >= 0.3 is 6.03 Å². The van der Waals surface area contributed by atoms with E-state index in [4.69, 9.17) is 0 Å². The Morgan fingerprint density at radius 1 is 1.08 bits per heavy atom. The second-order valence-corrected chi connectivity index (χ2v) is 7.30. The van der Waals surface area contributed by atoms with E-state index in [9.17, 15) is 9.59 Å². The van der Waals surface area contributed by atoms with Gasteiger partial charge in [0.05, 0.1) is 11.0 Å². The Morgan fingerprint density at radius 2 is 1.83 bits per heavy atom. The molecule has 1 saturated heterocycles. The number of hydrogen-bond donors (Lipinski definition) is 2. The molecule has 2 aliphatic rings. The highest BCUT2D eigenvalue weighted by molar-refractivity contribution is 7.14. The zero-order chi connectivity index (χ0) is 16.5. The molecule has 1 fully saturated rings. The summed E-state index contributed by atoms with van der Waals surface area (Å²) in [5.74, 6) is 0.134. The van der Waals surface area contributed by atoms with Crippen LogP contribution in [0.1, 0.15) is 17.5 Å². The lowest BCUT2D eigenvalue weighted by molar-refractivity contribution is -0.129. The van der Waals surface area contributed by atoms with Gasteiger partial charge in [-0.15, -0.1) is 11.3 Å². The molecule has 124 valence electrons. The van der Waals surface area contributed by atoms with Crippen molar-refractivity contribution in [1.82, 2.24) is 10.2 Å². The minimum Gasteiger partial charge on any atom is -0.337 e. The Morgan fingerprint density at radius 3 is 2.50 bits per heavy atom. The van der Waals surface area contributed by atoms with Crippen molar-refractivity contribution >= 4 is 28.3 Å². The van der Waals surface area contributed by atoms with Crippen molar-refractivity contribution in [3.8, 4) is 0 Å². The summed E-state index contributed by atoms with van der Waals surface area (Å²) in [6, 6.07) is 12.0. The molecule has 1 aliphatic heterocycles. The van der Waals surface area contributed by atoms with E-state index in [-0.39, 0.29) is 24.0 Å². The summed E-state index contributed by atoms with van der Waals surface area (Å²) in [4.78, 5) is 26.4. The fourth-order valence-electron chi connectivity index (χ4n) is 3.62. The zero-order valence-corrected chi connectivity index (χ0v) is 14.0. The first-order chi connectivity index (χ1) is 11.7. The highest BCUT2D eigenvalue weighted by Gasteiger charge is 2.37. The summed E-state index contributed by atoms with van der Waals surface area (Å²) in [7, 11) is 0. The number of carbonyl (C=O) groups is 2. The van der Waals surface area contributed by atoms with Crippen LogP contribution in [-0.4, -0.2) is 35.5 Å². The third-order valence-corrected chi connectivity index (χ3v) is 5.51. The molecule has 0 unspecified atom stereocenters. The van der Waals surface area contributed by atoms with Crippen LogP contribution in [0, 0.1) is 0 Å².